The second-order valence-electron chi connectivity index (χ2n) is 8.03. The molecular formula is C24H32N4O4S. The van der Waals surface area contributed by atoms with E-state index in [9.17, 15) is 18.0 Å². The van der Waals surface area contributed by atoms with Crippen molar-refractivity contribution in [3.8, 4) is 0 Å². The van der Waals surface area contributed by atoms with Crippen molar-refractivity contribution in [3.63, 3.8) is 0 Å². The lowest BCUT2D eigenvalue weighted by atomic mass is 10.1. The summed E-state index contributed by atoms with van der Waals surface area (Å²) in [6.45, 7) is 7.84. The molecule has 9 heteroatoms. The standard InChI is InChI=1S/C24H32N4O4S/c1-4-27(5-2)23-13-12-21(33(31,32)28-14-7-6-8-15-28)17-22(23)26-24(30)19-10-9-11-20(16-19)25-18(3)29/h9-13,16-17H,4-8,14-15H2,1-3H3,(H,25,29)(H,26,30). The van der Waals surface area contributed by atoms with E-state index in [2.05, 4.69) is 15.5 Å². The molecule has 0 unspecified atom stereocenters. The van der Waals surface area contributed by atoms with Gasteiger partial charge in [-0.3, -0.25) is 9.59 Å². The zero-order chi connectivity index (χ0) is 24.0. The number of nitrogens with zero attached hydrogens (tertiary/aromatic N) is 2. The average molecular weight is 473 g/mol. The van der Waals surface area contributed by atoms with Gasteiger partial charge in [0.25, 0.3) is 5.91 Å². The van der Waals surface area contributed by atoms with Crippen LogP contribution in [0.4, 0.5) is 17.1 Å². The van der Waals surface area contributed by atoms with Gasteiger partial charge in [-0.25, -0.2) is 8.42 Å². The van der Waals surface area contributed by atoms with Crippen molar-refractivity contribution in [3.05, 3.63) is 48.0 Å². The smallest absolute Gasteiger partial charge is 0.255 e. The number of anilines is 3. The molecule has 2 aromatic carbocycles. The predicted molar refractivity (Wildman–Crippen MR) is 131 cm³/mol. The van der Waals surface area contributed by atoms with Gasteiger partial charge in [-0.2, -0.15) is 4.31 Å². The summed E-state index contributed by atoms with van der Waals surface area (Å²) in [5.74, 6) is -0.616. The molecule has 0 radical (unpaired) electrons. The van der Waals surface area contributed by atoms with Crippen LogP contribution < -0.4 is 15.5 Å². The van der Waals surface area contributed by atoms with Crippen molar-refractivity contribution < 1.29 is 18.0 Å². The number of amides is 2. The maximum atomic E-state index is 13.2. The number of carbonyl (C=O) groups is 2. The molecule has 178 valence electrons. The third kappa shape index (κ3) is 5.91. The Bertz CT molecular complexity index is 1110. The summed E-state index contributed by atoms with van der Waals surface area (Å²) in [5, 5.41) is 5.56. The minimum absolute atomic E-state index is 0.169. The van der Waals surface area contributed by atoms with Crippen molar-refractivity contribution in [2.24, 2.45) is 0 Å². The van der Waals surface area contributed by atoms with Gasteiger partial charge in [0.05, 0.1) is 16.3 Å². The Morgan fingerprint density at radius 3 is 2.30 bits per heavy atom. The molecule has 1 fully saturated rings. The van der Waals surface area contributed by atoms with E-state index in [1.807, 2.05) is 13.8 Å². The first kappa shape index (κ1) is 24.7. The third-order valence-corrected chi connectivity index (χ3v) is 7.61. The maximum Gasteiger partial charge on any atom is 0.255 e. The van der Waals surface area contributed by atoms with Crippen LogP contribution in [0.15, 0.2) is 47.4 Å². The Labute approximate surface area is 196 Å². The van der Waals surface area contributed by atoms with Crippen LogP contribution in [-0.2, 0) is 14.8 Å². The van der Waals surface area contributed by atoms with Crippen LogP contribution >= 0.6 is 0 Å². The number of hydrogen-bond acceptors (Lipinski definition) is 5. The summed E-state index contributed by atoms with van der Waals surface area (Å²) < 4.78 is 28.0. The highest BCUT2D eigenvalue weighted by Crippen LogP contribution is 2.31. The molecule has 0 atom stereocenters. The minimum atomic E-state index is -3.65. The van der Waals surface area contributed by atoms with E-state index < -0.39 is 10.0 Å². The average Bonchev–Trinajstić information content (AvgIpc) is 2.81. The summed E-state index contributed by atoms with van der Waals surface area (Å²) in [7, 11) is -3.65. The maximum absolute atomic E-state index is 13.2. The second kappa shape index (κ2) is 10.8. The number of sulfonamides is 1. The number of carbonyl (C=O) groups excluding carboxylic acids is 2. The van der Waals surface area contributed by atoms with Crippen molar-refractivity contribution in [1.82, 2.24) is 4.31 Å². The van der Waals surface area contributed by atoms with Gasteiger partial charge in [0, 0.05) is 44.4 Å². The molecule has 0 bridgehead atoms. The van der Waals surface area contributed by atoms with Gasteiger partial charge in [-0.05, 0) is 63.1 Å². The number of benzene rings is 2. The van der Waals surface area contributed by atoms with Gasteiger partial charge < -0.3 is 15.5 Å². The molecule has 8 nitrogen and oxygen atoms in total. The number of nitrogens with one attached hydrogen (secondary N) is 2. The van der Waals surface area contributed by atoms with Crippen LogP contribution in [0.25, 0.3) is 0 Å². The molecule has 1 heterocycles. The third-order valence-electron chi connectivity index (χ3n) is 5.72. The zero-order valence-corrected chi connectivity index (χ0v) is 20.2. The molecule has 0 aromatic heterocycles. The van der Waals surface area contributed by atoms with Crippen molar-refractivity contribution in [2.45, 2.75) is 44.9 Å². The van der Waals surface area contributed by atoms with Crippen molar-refractivity contribution in [1.29, 1.82) is 0 Å². The van der Waals surface area contributed by atoms with E-state index in [1.165, 1.54) is 11.2 Å². The summed E-state index contributed by atoms with van der Waals surface area (Å²) in [6, 6.07) is 11.5. The molecule has 0 spiro atoms. The molecule has 1 saturated heterocycles. The first-order valence-electron chi connectivity index (χ1n) is 11.3. The fourth-order valence-corrected chi connectivity index (χ4v) is 5.55. The van der Waals surface area contributed by atoms with Crippen LogP contribution in [0.5, 0.6) is 0 Å². The van der Waals surface area contributed by atoms with Gasteiger partial charge >= 0.3 is 0 Å². The molecule has 1 aliphatic heterocycles. The van der Waals surface area contributed by atoms with Gasteiger partial charge in [-0.15, -0.1) is 0 Å². The minimum Gasteiger partial charge on any atom is -0.370 e. The summed E-state index contributed by atoms with van der Waals surface area (Å²) >= 11 is 0. The van der Waals surface area contributed by atoms with Gasteiger partial charge in [0.2, 0.25) is 15.9 Å². The second-order valence-corrected chi connectivity index (χ2v) is 9.97. The first-order chi connectivity index (χ1) is 15.8. The monoisotopic (exact) mass is 472 g/mol. The Balaban J connectivity index is 1.96. The molecule has 2 aromatic rings. The van der Waals surface area contributed by atoms with E-state index in [4.69, 9.17) is 0 Å². The van der Waals surface area contributed by atoms with E-state index in [0.29, 0.717) is 43.1 Å². The van der Waals surface area contributed by atoms with Gasteiger partial charge in [0.1, 0.15) is 0 Å². The van der Waals surface area contributed by atoms with Crippen LogP contribution in [0, 0.1) is 0 Å². The van der Waals surface area contributed by atoms with Gasteiger partial charge in [0.15, 0.2) is 0 Å². The SMILES string of the molecule is CCN(CC)c1ccc(S(=O)(=O)N2CCCCC2)cc1NC(=O)c1cccc(NC(C)=O)c1. The Morgan fingerprint density at radius 1 is 0.970 bits per heavy atom. The topological polar surface area (TPSA) is 98.8 Å². The summed E-state index contributed by atoms with van der Waals surface area (Å²) in [5.41, 5.74) is 2.06. The highest BCUT2D eigenvalue weighted by atomic mass is 32.2. The number of rotatable bonds is 8. The predicted octanol–water partition coefficient (Wildman–Crippen LogP) is 3.92. The number of piperidine rings is 1. The Morgan fingerprint density at radius 2 is 1.67 bits per heavy atom. The lowest BCUT2D eigenvalue weighted by molar-refractivity contribution is -0.114. The molecule has 2 N–H and O–H groups in total. The quantitative estimate of drug-likeness (QED) is 0.607. The number of hydrogen-bond donors (Lipinski definition) is 2. The van der Waals surface area contributed by atoms with Gasteiger partial charge in [-0.1, -0.05) is 12.5 Å². The zero-order valence-electron chi connectivity index (χ0n) is 19.4. The van der Waals surface area contributed by atoms with E-state index in [0.717, 1.165) is 24.9 Å². The molecule has 0 saturated carbocycles. The molecular weight excluding hydrogens is 440 g/mol. The van der Waals surface area contributed by atoms with Crippen molar-refractivity contribution >= 4 is 38.9 Å². The lowest BCUT2D eigenvalue weighted by Crippen LogP contribution is -2.35. The molecule has 0 aliphatic carbocycles. The van der Waals surface area contributed by atoms with Crippen LogP contribution in [0.3, 0.4) is 0 Å². The van der Waals surface area contributed by atoms with E-state index in [-0.39, 0.29) is 16.7 Å². The lowest BCUT2D eigenvalue weighted by Gasteiger charge is -2.28. The fourth-order valence-electron chi connectivity index (χ4n) is 4.01. The Hall–Kier alpha value is -2.91. The summed E-state index contributed by atoms with van der Waals surface area (Å²) in [6.07, 6.45) is 2.74. The highest BCUT2D eigenvalue weighted by Gasteiger charge is 2.27. The van der Waals surface area contributed by atoms with E-state index in [1.54, 1.807) is 42.5 Å². The van der Waals surface area contributed by atoms with E-state index >= 15 is 0 Å². The fraction of sp³-hybridized carbons (Fsp3) is 0.417. The Kier molecular flexibility index (Phi) is 8.10. The first-order valence-corrected chi connectivity index (χ1v) is 12.8. The van der Waals surface area contributed by atoms with Crippen LogP contribution in [0.1, 0.15) is 50.4 Å². The summed E-state index contributed by atoms with van der Waals surface area (Å²) in [4.78, 5) is 26.6. The van der Waals surface area contributed by atoms with Crippen molar-refractivity contribution in [2.75, 3.05) is 41.7 Å². The highest BCUT2D eigenvalue weighted by molar-refractivity contribution is 7.89. The van der Waals surface area contributed by atoms with Crippen LogP contribution in [-0.4, -0.2) is 50.7 Å². The normalized spacial score (nSPS) is 14.5. The molecule has 2 amide bonds. The molecule has 33 heavy (non-hydrogen) atoms. The largest absolute Gasteiger partial charge is 0.370 e. The molecule has 3 rings (SSSR count). The molecule has 1 aliphatic rings. The van der Waals surface area contributed by atoms with Crippen LogP contribution in [0.2, 0.25) is 0 Å².